The number of rotatable bonds is 5. The molecule has 0 saturated carbocycles. The Balaban J connectivity index is 1.46. The van der Waals surface area contributed by atoms with Gasteiger partial charge in [-0.1, -0.05) is 0 Å². The van der Waals surface area contributed by atoms with Gasteiger partial charge in [0.05, 0.1) is 52.0 Å². The van der Waals surface area contributed by atoms with E-state index >= 15 is 0 Å². The van der Waals surface area contributed by atoms with Gasteiger partial charge >= 0.3 is 5.97 Å². The number of ether oxygens (including phenoxy) is 1. The van der Waals surface area contributed by atoms with E-state index in [1.807, 2.05) is 0 Å². The first-order valence-electron chi connectivity index (χ1n) is 8.50. The molecule has 0 aliphatic carbocycles. The molecule has 4 rings (SSSR count). The number of benzene rings is 2. The highest BCUT2D eigenvalue weighted by atomic mass is 19.1. The summed E-state index contributed by atoms with van der Waals surface area (Å²) in [5, 5.41) is 24.0. The maximum absolute atomic E-state index is 14.1. The minimum Gasteiger partial charge on any atom is -0.462 e. The van der Waals surface area contributed by atoms with Crippen LogP contribution in [0, 0.1) is 11.6 Å². The Morgan fingerprint density at radius 2 is 1.68 bits per heavy atom. The highest BCUT2D eigenvalue weighted by molar-refractivity contribution is 5.94. The van der Waals surface area contributed by atoms with E-state index in [-0.39, 0.29) is 24.0 Å². The van der Waals surface area contributed by atoms with E-state index in [4.69, 9.17) is 4.74 Å². The number of nitrogens with one attached hydrogen (secondary N) is 2. The zero-order chi connectivity index (χ0) is 19.9. The van der Waals surface area contributed by atoms with Gasteiger partial charge < -0.3 is 9.84 Å². The molecule has 0 aliphatic rings. The van der Waals surface area contributed by atoms with Gasteiger partial charge in [-0.15, -0.1) is 0 Å². The van der Waals surface area contributed by atoms with Crippen molar-refractivity contribution in [1.29, 1.82) is 0 Å². The quantitative estimate of drug-likeness (QED) is 0.457. The molecule has 0 amide bonds. The molecule has 2 aromatic carbocycles. The molecule has 1 atom stereocenters. The Labute approximate surface area is 157 Å². The Bertz CT molecular complexity index is 1180. The SMILES string of the molecule is CC(O)(CCOC(=O)c1cc(F)c2cn[nH]c2c1)c1cc(F)c2cn[nH]c2c1. The Kier molecular flexibility index (Phi) is 4.31. The largest absolute Gasteiger partial charge is 0.462 e. The number of hydrogen-bond acceptors (Lipinski definition) is 5. The standard InChI is InChI=1S/C19H16F2N4O3/c1-19(27,11-6-15(21)13-9-23-25-17(13)7-11)2-3-28-18(26)10-4-14(20)12-8-22-24-16(12)5-10/h4-9,27H,2-3H2,1H3,(H,22,24)(H,23,25). The molecular formula is C19H16F2N4O3. The van der Waals surface area contributed by atoms with Crippen LogP contribution in [0.3, 0.4) is 0 Å². The van der Waals surface area contributed by atoms with Gasteiger partial charge in [-0.05, 0) is 36.8 Å². The molecule has 0 bridgehead atoms. The molecule has 144 valence electrons. The van der Waals surface area contributed by atoms with E-state index in [9.17, 15) is 18.7 Å². The smallest absolute Gasteiger partial charge is 0.338 e. The summed E-state index contributed by atoms with van der Waals surface area (Å²) in [6, 6.07) is 5.32. The number of esters is 1. The summed E-state index contributed by atoms with van der Waals surface area (Å²) in [6.07, 6.45) is 2.71. The van der Waals surface area contributed by atoms with Crippen LogP contribution in [0.4, 0.5) is 8.78 Å². The van der Waals surface area contributed by atoms with E-state index in [0.717, 1.165) is 6.07 Å². The van der Waals surface area contributed by atoms with Crippen LogP contribution < -0.4 is 0 Å². The van der Waals surface area contributed by atoms with Crippen molar-refractivity contribution in [2.24, 2.45) is 0 Å². The van der Waals surface area contributed by atoms with Gasteiger partial charge in [0, 0.05) is 6.42 Å². The van der Waals surface area contributed by atoms with Crippen molar-refractivity contribution >= 4 is 27.8 Å². The minimum absolute atomic E-state index is 0.0204. The number of aromatic amines is 2. The van der Waals surface area contributed by atoms with E-state index in [1.54, 1.807) is 6.07 Å². The first-order chi connectivity index (χ1) is 13.3. The van der Waals surface area contributed by atoms with Crippen LogP contribution in [0.2, 0.25) is 0 Å². The second kappa shape index (κ2) is 6.68. The molecule has 2 aromatic heterocycles. The predicted molar refractivity (Wildman–Crippen MR) is 96.6 cm³/mol. The van der Waals surface area contributed by atoms with Crippen LogP contribution in [-0.2, 0) is 10.3 Å². The summed E-state index contributed by atoms with van der Waals surface area (Å²) >= 11 is 0. The summed E-state index contributed by atoms with van der Waals surface area (Å²) in [5.41, 5.74) is -0.265. The number of carbonyl (C=O) groups excluding carboxylic acids is 1. The molecule has 2 heterocycles. The molecule has 7 nitrogen and oxygen atoms in total. The van der Waals surface area contributed by atoms with E-state index < -0.39 is 23.2 Å². The number of hydrogen-bond donors (Lipinski definition) is 3. The van der Waals surface area contributed by atoms with Gasteiger partial charge in [0.25, 0.3) is 0 Å². The summed E-state index contributed by atoms with van der Waals surface area (Å²) in [7, 11) is 0. The lowest BCUT2D eigenvalue weighted by Gasteiger charge is -2.24. The zero-order valence-electron chi connectivity index (χ0n) is 14.8. The molecule has 28 heavy (non-hydrogen) atoms. The van der Waals surface area contributed by atoms with Crippen molar-refractivity contribution < 1.29 is 23.4 Å². The topological polar surface area (TPSA) is 104 Å². The number of H-pyrrole nitrogens is 2. The second-order valence-electron chi connectivity index (χ2n) is 6.74. The molecule has 4 aromatic rings. The third kappa shape index (κ3) is 3.20. The molecule has 0 fully saturated rings. The molecule has 0 aliphatic heterocycles. The maximum Gasteiger partial charge on any atom is 0.338 e. The Morgan fingerprint density at radius 1 is 1.07 bits per heavy atom. The molecule has 0 saturated heterocycles. The van der Waals surface area contributed by atoms with E-state index in [2.05, 4.69) is 20.4 Å². The molecule has 0 radical (unpaired) electrons. The van der Waals surface area contributed by atoms with Gasteiger partial charge in [-0.25, -0.2) is 13.6 Å². The summed E-state index contributed by atoms with van der Waals surface area (Å²) < 4.78 is 33.2. The van der Waals surface area contributed by atoms with Crippen molar-refractivity contribution in [3.8, 4) is 0 Å². The minimum atomic E-state index is -1.45. The summed E-state index contributed by atoms with van der Waals surface area (Å²) in [5.74, 6) is -1.84. The number of nitrogens with zero attached hydrogens (tertiary/aromatic N) is 2. The lowest BCUT2D eigenvalue weighted by atomic mass is 9.92. The average Bonchev–Trinajstić information content (AvgIpc) is 3.30. The Hall–Kier alpha value is -3.33. The third-order valence-electron chi connectivity index (χ3n) is 4.70. The number of carbonyl (C=O) groups is 1. The Morgan fingerprint density at radius 3 is 2.36 bits per heavy atom. The van der Waals surface area contributed by atoms with Gasteiger partial charge in [-0.2, -0.15) is 10.2 Å². The number of halogens is 2. The van der Waals surface area contributed by atoms with Crippen molar-refractivity contribution in [3.63, 3.8) is 0 Å². The first-order valence-corrected chi connectivity index (χ1v) is 8.50. The fourth-order valence-corrected chi connectivity index (χ4v) is 3.01. The van der Waals surface area contributed by atoms with E-state index in [1.165, 1.54) is 31.5 Å². The van der Waals surface area contributed by atoms with Crippen molar-refractivity contribution in [1.82, 2.24) is 20.4 Å². The number of aromatic nitrogens is 4. The van der Waals surface area contributed by atoms with Gasteiger partial charge in [-0.3, -0.25) is 10.2 Å². The van der Waals surface area contributed by atoms with Gasteiger partial charge in [0.1, 0.15) is 11.6 Å². The predicted octanol–water partition coefficient (Wildman–Crippen LogP) is 3.17. The van der Waals surface area contributed by atoms with Crippen LogP contribution in [0.15, 0.2) is 36.7 Å². The number of fused-ring (bicyclic) bond motifs is 2. The zero-order valence-corrected chi connectivity index (χ0v) is 14.8. The van der Waals surface area contributed by atoms with E-state index in [0.29, 0.717) is 22.0 Å². The third-order valence-corrected chi connectivity index (χ3v) is 4.70. The molecule has 1 unspecified atom stereocenters. The maximum atomic E-state index is 14.1. The first kappa shape index (κ1) is 18.1. The molecule has 3 N–H and O–H groups in total. The highest BCUT2D eigenvalue weighted by Gasteiger charge is 2.26. The second-order valence-corrected chi connectivity index (χ2v) is 6.74. The fourth-order valence-electron chi connectivity index (χ4n) is 3.01. The van der Waals surface area contributed by atoms with Crippen LogP contribution >= 0.6 is 0 Å². The van der Waals surface area contributed by atoms with Gasteiger partial charge in [0.15, 0.2) is 0 Å². The van der Waals surface area contributed by atoms with Crippen molar-refractivity contribution in [2.75, 3.05) is 6.61 Å². The average molecular weight is 386 g/mol. The summed E-state index contributed by atoms with van der Waals surface area (Å²) in [6.45, 7) is 1.35. The molecule has 9 heteroatoms. The lowest BCUT2D eigenvalue weighted by molar-refractivity contribution is 0.0122. The molecular weight excluding hydrogens is 370 g/mol. The van der Waals surface area contributed by atoms with Crippen molar-refractivity contribution in [2.45, 2.75) is 18.9 Å². The number of aliphatic hydroxyl groups is 1. The van der Waals surface area contributed by atoms with Crippen LogP contribution in [0.25, 0.3) is 21.8 Å². The monoisotopic (exact) mass is 386 g/mol. The van der Waals surface area contributed by atoms with Crippen LogP contribution in [-0.4, -0.2) is 38.1 Å². The molecule has 0 spiro atoms. The van der Waals surface area contributed by atoms with Gasteiger partial charge in [0.2, 0.25) is 0 Å². The lowest BCUT2D eigenvalue weighted by Crippen LogP contribution is -2.24. The summed E-state index contributed by atoms with van der Waals surface area (Å²) in [4.78, 5) is 12.2. The highest BCUT2D eigenvalue weighted by Crippen LogP contribution is 2.29. The van der Waals surface area contributed by atoms with Crippen LogP contribution in [0.1, 0.15) is 29.3 Å². The van der Waals surface area contributed by atoms with Crippen LogP contribution in [0.5, 0.6) is 0 Å². The fraction of sp³-hybridized carbons (Fsp3) is 0.211. The normalized spacial score (nSPS) is 13.7. The van der Waals surface area contributed by atoms with Crippen molar-refractivity contribution in [3.05, 3.63) is 59.4 Å².